The van der Waals surface area contributed by atoms with Gasteiger partial charge in [-0.1, -0.05) is 0 Å². The maximum atomic E-state index is 10.6. The van der Waals surface area contributed by atoms with Crippen molar-refractivity contribution in [1.29, 1.82) is 0 Å². The van der Waals surface area contributed by atoms with Gasteiger partial charge >= 0.3 is 0 Å². The lowest BCUT2D eigenvalue weighted by Crippen LogP contribution is -2.45. The van der Waals surface area contributed by atoms with Gasteiger partial charge in [-0.25, -0.2) is 0 Å². The number of primary amides is 1. The Kier molecular flexibility index (Phi) is 3.24. The van der Waals surface area contributed by atoms with Crippen LogP contribution in [-0.4, -0.2) is 54.7 Å². The summed E-state index contributed by atoms with van der Waals surface area (Å²) in [4.78, 5) is 12.3. The van der Waals surface area contributed by atoms with Gasteiger partial charge in [0.1, 0.15) is 0 Å². The smallest absolute Gasteiger partial charge is 0.231 e. The highest BCUT2D eigenvalue weighted by molar-refractivity contribution is 5.75. The van der Waals surface area contributed by atoms with E-state index in [-0.39, 0.29) is 12.5 Å². The van der Waals surface area contributed by atoms with Crippen LogP contribution in [0.3, 0.4) is 0 Å². The van der Waals surface area contributed by atoms with Crippen LogP contribution >= 0.6 is 0 Å². The topological polar surface area (TPSA) is 78.6 Å². The highest BCUT2D eigenvalue weighted by atomic mass is 16.3. The SMILES string of the molecule is CN(CC(N)=O)CC1(O)CCNC1. The Labute approximate surface area is 77.9 Å². The number of β-amino-alcohol motifs (C(OH)–C–C–N with tert-alkyl or cyclic N) is 1. The molecule has 1 atom stereocenters. The number of likely N-dealkylation sites (N-methyl/N-ethyl adjacent to an activating group) is 1. The predicted octanol–water partition coefficient (Wildman–Crippen LogP) is -1.87. The Morgan fingerprint density at radius 3 is 2.92 bits per heavy atom. The average molecular weight is 187 g/mol. The fourth-order valence-electron chi connectivity index (χ4n) is 1.69. The Morgan fingerprint density at radius 1 is 1.77 bits per heavy atom. The predicted molar refractivity (Wildman–Crippen MR) is 49.1 cm³/mol. The van der Waals surface area contributed by atoms with Crippen LogP contribution in [0.5, 0.6) is 0 Å². The number of amides is 1. The van der Waals surface area contributed by atoms with Crippen LogP contribution in [-0.2, 0) is 4.79 Å². The van der Waals surface area contributed by atoms with Gasteiger partial charge in [-0.2, -0.15) is 0 Å². The third-order valence-electron chi connectivity index (χ3n) is 2.21. The van der Waals surface area contributed by atoms with E-state index in [0.29, 0.717) is 13.1 Å². The maximum Gasteiger partial charge on any atom is 0.231 e. The van der Waals surface area contributed by atoms with Crippen LogP contribution in [0.25, 0.3) is 0 Å². The molecular formula is C8H17N3O2. The zero-order valence-corrected chi connectivity index (χ0v) is 7.92. The Balaban J connectivity index is 2.33. The molecule has 4 N–H and O–H groups in total. The largest absolute Gasteiger partial charge is 0.387 e. The summed E-state index contributed by atoms with van der Waals surface area (Å²) in [7, 11) is 1.78. The molecule has 1 amide bonds. The lowest BCUT2D eigenvalue weighted by molar-refractivity contribution is -0.119. The molecule has 0 aromatic heterocycles. The molecule has 1 heterocycles. The van der Waals surface area contributed by atoms with Crippen LogP contribution in [0.1, 0.15) is 6.42 Å². The molecule has 13 heavy (non-hydrogen) atoms. The van der Waals surface area contributed by atoms with Crippen molar-refractivity contribution in [3.05, 3.63) is 0 Å². The lowest BCUT2D eigenvalue weighted by Gasteiger charge is -2.26. The van der Waals surface area contributed by atoms with Crippen molar-refractivity contribution >= 4 is 5.91 Å². The Bertz CT molecular complexity index is 190. The molecule has 5 nitrogen and oxygen atoms in total. The second-order valence-corrected chi connectivity index (χ2v) is 3.79. The standard InChI is InChI=1S/C8H17N3O2/c1-11(4-7(9)12)6-8(13)2-3-10-5-8/h10,13H,2-6H2,1H3,(H2,9,12). The van der Waals surface area contributed by atoms with Crippen molar-refractivity contribution in [2.45, 2.75) is 12.0 Å². The fourth-order valence-corrected chi connectivity index (χ4v) is 1.69. The molecule has 1 rings (SSSR count). The van der Waals surface area contributed by atoms with Gasteiger partial charge in [0.15, 0.2) is 0 Å². The Morgan fingerprint density at radius 2 is 2.46 bits per heavy atom. The summed E-state index contributed by atoms with van der Waals surface area (Å²) < 4.78 is 0. The zero-order chi connectivity index (χ0) is 9.90. The minimum Gasteiger partial charge on any atom is -0.387 e. The number of nitrogens with one attached hydrogen (secondary N) is 1. The van der Waals surface area contributed by atoms with Crippen molar-refractivity contribution < 1.29 is 9.90 Å². The molecule has 0 bridgehead atoms. The van der Waals surface area contributed by atoms with E-state index in [2.05, 4.69) is 5.32 Å². The minimum absolute atomic E-state index is 0.197. The van der Waals surface area contributed by atoms with Crippen LogP contribution in [0.15, 0.2) is 0 Å². The van der Waals surface area contributed by atoms with Gasteiger partial charge in [0.05, 0.1) is 12.1 Å². The molecule has 1 unspecified atom stereocenters. The summed E-state index contributed by atoms with van der Waals surface area (Å²) in [5.41, 5.74) is 4.34. The van der Waals surface area contributed by atoms with Crippen molar-refractivity contribution in [3.63, 3.8) is 0 Å². The van der Waals surface area contributed by atoms with E-state index in [0.717, 1.165) is 13.0 Å². The molecule has 0 spiro atoms. The number of hydrogen-bond acceptors (Lipinski definition) is 4. The molecule has 1 aliphatic rings. The van der Waals surface area contributed by atoms with Crippen LogP contribution in [0, 0.1) is 0 Å². The molecule has 0 aromatic carbocycles. The zero-order valence-electron chi connectivity index (χ0n) is 7.92. The van der Waals surface area contributed by atoms with Crippen LogP contribution < -0.4 is 11.1 Å². The molecule has 5 heteroatoms. The third kappa shape index (κ3) is 3.30. The minimum atomic E-state index is -0.690. The molecule has 0 aliphatic carbocycles. The molecule has 0 aromatic rings. The Hall–Kier alpha value is -0.650. The highest BCUT2D eigenvalue weighted by Crippen LogP contribution is 2.14. The van der Waals surface area contributed by atoms with E-state index in [9.17, 15) is 9.90 Å². The van der Waals surface area contributed by atoms with E-state index in [1.165, 1.54) is 0 Å². The summed E-state index contributed by atoms with van der Waals surface area (Å²) >= 11 is 0. The number of aliphatic hydroxyl groups is 1. The molecule has 1 fully saturated rings. The molecule has 76 valence electrons. The van der Waals surface area contributed by atoms with E-state index in [4.69, 9.17) is 5.73 Å². The quantitative estimate of drug-likeness (QED) is 0.482. The van der Waals surface area contributed by atoms with E-state index in [1.54, 1.807) is 11.9 Å². The normalized spacial score (nSPS) is 28.2. The average Bonchev–Trinajstić information content (AvgIpc) is 2.33. The van der Waals surface area contributed by atoms with Gasteiger partial charge in [0.25, 0.3) is 0 Å². The first-order valence-electron chi connectivity index (χ1n) is 4.42. The summed E-state index contributed by atoms with van der Waals surface area (Å²) in [6.07, 6.45) is 0.732. The van der Waals surface area contributed by atoms with Gasteiger partial charge in [-0.3, -0.25) is 9.69 Å². The molecule has 0 saturated carbocycles. The summed E-state index contributed by atoms with van der Waals surface area (Å²) in [6.45, 7) is 2.11. The van der Waals surface area contributed by atoms with Crippen LogP contribution in [0.4, 0.5) is 0 Å². The van der Waals surface area contributed by atoms with Crippen LogP contribution in [0.2, 0.25) is 0 Å². The van der Waals surface area contributed by atoms with Crippen molar-refractivity contribution in [2.75, 3.05) is 33.2 Å². The maximum absolute atomic E-state index is 10.6. The number of rotatable bonds is 4. The first kappa shape index (κ1) is 10.4. The second kappa shape index (κ2) is 4.04. The summed E-state index contributed by atoms with van der Waals surface area (Å²) in [6, 6.07) is 0. The lowest BCUT2D eigenvalue weighted by atomic mass is 10.0. The van der Waals surface area contributed by atoms with E-state index >= 15 is 0 Å². The number of carbonyl (C=O) groups excluding carboxylic acids is 1. The molecule has 1 aliphatic heterocycles. The molecule has 1 saturated heterocycles. The van der Waals surface area contributed by atoms with Gasteiger partial charge in [-0.05, 0) is 20.0 Å². The number of nitrogens with two attached hydrogens (primary N) is 1. The first-order valence-corrected chi connectivity index (χ1v) is 4.42. The van der Waals surface area contributed by atoms with Gasteiger partial charge in [0.2, 0.25) is 5.91 Å². The van der Waals surface area contributed by atoms with Crippen molar-refractivity contribution in [2.24, 2.45) is 5.73 Å². The third-order valence-corrected chi connectivity index (χ3v) is 2.21. The van der Waals surface area contributed by atoms with Crippen molar-refractivity contribution in [3.8, 4) is 0 Å². The molecule has 0 radical (unpaired) electrons. The second-order valence-electron chi connectivity index (χ2n) is 3.79. The molecular weight excluding hydrogens is 170 g/mol. The first-order chi connectivity index (χ1) is 6.02. The number of hydrogen-bond donors (Lipinski definition) is 3. The van der Waals surface area contributed by atoms with Gasteiger partial charge in [0, 0.05) is 13.1 Å². The van der Waals surface area contributed by atoms with E-state index < -0.39 is 5.60 Å². The number of nitrogens with zero attached hydrogens (tertiary/aromatic N) is 1. The fraction of sp³-hybridized carbons (Fsp3) is 0.875. The van der Waals surface area contributed by atoms with E-state index in [1.807, 2.05) is 0 Å². The summed E-state index contributed by atoms with van der Waals surface area (Å²) in [5, 5.41) is 13.0. The van der Waals surface area contributed by atoms with Gasteiger partial charge in [-0.15, -0.1) is 0 Å². The monoisotopic (exact) mass is 187 g/mol. The summed E-state index contributed by atoms with van der Waals surface area (Å²) in [5.74, 6) is -0.364. The highest BCUT2D eigenvalue weighted by Gasteiger charge is 2.32. The van der Waals surface area contributed by atoms with Gasteiger partial charge < -0.3 is 16.2 Å². The van der Waals surface area contributed by atoms with Crippen molar-refractivity contribution in [1.82, 2.24) is 10.2 Å². The number of carbonyl (C=O) groups is 1.